The molecular formula is C14H24N2O3S. The predicted molar refractivity (Wildman–Crippen MR) is 80.3 cm³/mol. The monoisotopic (exact) mass is 300 g/mol. The summed E-state index contributed by atoms with van der Waals surface area (Å²) in [6, 6.07) is 6.35. The summed E-state index contributed by atoms with van der Waals surface area (Å²) >= 11 is 0. The molecule has 0 fully saturated rings. The first kappa shape index (κ1) is 16.9. The highest BCUT2D eigenvalue weighted by molar-refractivity contribution is 7.89. The van der Waals surface area contributed by atoms with Crippen molar-refractivity contribution in [1.29, 1.82) is 0 Å². The summed E-state index contributed by atoms with van der Waals surface area (Å²) in [5, 5.41) is 0. The van der Waals surface area contributed by atoms with Crippen molar-refractivity contribution in [3.8, 4) is 5.75 Å². The second kappa shape index (κ2) is 7.06. The predicted octanol–water partition coefficient (Wildman–Crippen LogP) is 1.88. The molecule has 1 aromatic carbocycles. The van der Waals surface area contributed by atoms with Crippen molar-refractivity contribution in [3.63, 3.8) is 0 Å². The van der Waals surface area contributed by atoms with E-state index in [-0.39, 0.29) is 11.4 Å². The topological polar surface area (TPSA) is 81.4 Å². The fourth-order valence-corrected chi connectivity index (χ4v) is 2.84. The van der Waals surface area contributed by atoms with E-state index in [1.54, 1.807) is 12.1 Å². The van der Waals surface area contributed by atoms with E-state index in [0.717, 1.165) is 12.8 Å². The highest BCUT2D eigenvalue weighted by atomic mass is 32.2. The van der Waals surface area contributed by atoms with Crippen molar-refractivity contribution >= 4 is 10.0 Å². The molecule has 20 heavy (non-hydrogen) atoms. The van der Waals surface area contributed by atoms with Gasteiger partial charge in [-0.1, -0.05) is 13.8 Å². The van der Waals surface area contributed by atoms with E-state index < -0.39 is 15.6 Å². The molecule has 0 aliphatic rings. The van der Waals surface area contributed by atoms with Crippen LogP contribution in [-0.4, -0.2) is 27.1 Å². The SMILES string of the molecule is CCOc1ccc(S(=O)(=O)NCC(N)(CC)CC)cc1. The van der Waals surface area contributed by atoms with Crippen molar-refractivity contribution in [2.75, 3.05) is 13.2 Å². The molecule has 0 saturated heterocycles. The third kappa shape index (κ3) is 4.47. The molecule has 1 aromatic rings. The lowest BCUT2D eigenvalue weighted by Gasteiger charge is -2.26. The Bertz CT molecular complexity index is 508. The zero-order valence-electron chi connectivity index (χ0n) is 12.3. The lowest BCUT2D eigenvalue weighted by atomic mass is 9.95. The largest absolute Gasteiger partial charge is 0.494 e. The summed E-state index contributed by atoms with van der Waals surface area (Å²) in [5.41, 5.74) is 5.60. The molecule has 0 radical (unpaired) electrons. The molecule has 0 heterocycles. The molecule has 114 valence electrons. The number of benzene rings is 1. The van der Waals surface area contributed by atoms with Crippen LogP contribution >= 0.6 is 0 Å². The normalized spacial score (nSPS) is 12.4. The fraction of sp³-hybridized carbons (Fsp3) is 0.571. The highest BCUT2D eigenvalue weighted by Crippen LogP contribution is 2.17. The molecule has 0 unspecified atom stereocenters. The van der Waals surface area contributed by atoms with Gasteiger partial charge in [-0.3, -0.25) is 0 Å². The van der Waals surface area contributed by atoms with E-state index in [2.05, 4.69) is 4.72 Å². The lowest BCUT2D eigenvalue weighted by molar-refractivity contribution is 0.340. The Balaban J connectivity index is 2.78. The number of nitrogens with one attached hydrogen (secondary N) is 1. The lowest BCUT2D eigenvalue weighted by Crippen LogP contribution is -2.49. The number of hydrogen-bond donors (Lipinski definition) is 2. The molecule has 5 nitrogen and oxygen atoms in total. The van der Waals surface area contributed by atoms with Crippen LogP contribution in [0.1, 0.15) is 33.6 Å². The first-order chi connectivity index (χ1) is 9.37. The van der Waals surface area contributed by atoms with Gasteiger partial charge in [0.2, 0.25) is 10.0 Å². The first-order valence-corrected chi connectivity index (χ1v) is 8.36. The maximum atomic E-state index is 12.2. The van der Waals surface area contributed by atoms with E-state index in [4.69, 9.17) is 10.5 Å². The summed E-state index contributed by atoms with van der Waals surface area (Å²) in [4.78, 5) is 0.218. The van der Waals surface area contributed by atoms with Gasteiger partial charge in [-0.05, 0) is 44.0 Å². The van der Waals surface area contributed by atoms with Gasteiger partial charge in [0.1, 0.15) is 5.75 Å². The summed E-state index contributed by atoms with van der Waals surface area (Å²) in [7, 11) is -3.53. The van der Waals surface area contributed by atoms with Gasteiger partial charge in [0.05, 0.1) is 11.5 Å². The van der Waals surface area contributed by atoms with E-state index in [1.165, 1.54) is 12.1 Å². The summed E-state index contributed by atoms with van der Waals surface area (Å²) in [6.07, 6.45) is 1.44. The van der Waals surface area contributed by atoms with Gasteiger partial charge >= 0.3 is 0 Å². The van der Waals surface area contributed by atoms with Gasteiger partial charge in [0, 0.05) is 12.1 Å². The third-order valence-corrected chi connectivity index (χ3v) is 4.88. The minimum absolute atomic E-state index is 0.218. The van der Waals surface area contributed by atoms with Gasteiger partial charge in [-0.15, -0.1) is 0 Å². The molecular weight excluding hydrogens is 276 g/mol. The van der Waals surface area contributed by atoms with Gasteiger partial charge < -0.3 is 10.5 Å². The van der Waals surface area contributed by atoms with Crippen molar-refractivity contribution in [2.24, 2.45) is 5.73 Å². The molecule has 0 amide bonds. The van der Waals surface area contributed by atoms with Crippen LogP contribution in [0.5, 0.6) is 5.75 Å². The summed E-state index contributed by atoms with van der Waals surface area (Å²) < 4.78 is 32.2. The van der Waals surface area contributed by atoms with E-state index >= 15 is 0 Å². The van der Waals surface area contributed by atoms with Crippen molar-refractivity contribution in [3.05, 3.63) is 24.3 Å². The molecule has 0 aliphatic carbocycles. The van der Waals surface area contributed by atoms with E-state index in [9.17, 15) is 8.42 Å². The highest BCUT2D eigenvalue weighted by Gasteiger charge is 2.23. The maximum absolute atomic E-state index is 12.2. The van der Waals surface area contributed by atoms with Crippen LogP contribution in [0.3, 0.4) is 0 Å². The van der Waals surface area contributed by atoms with Crippen LogP contribution in [-0.2, 0) is 10.0 Å². The fourth-order valence-electron chi connectivity index (χ4n) is 1.70. The molecule has 0 aromatic heterocycles. The van der Waals surface area contributed by atoms with Crippen LogP contribution in [0, 0.1) is 0 Å². The molecule has 6 heteroatoms. The van der Waals surface area contributed by atoms with Crippen molar-refractivity contribution in [2.45, 2.75) is 44.0 Å². The van der Waals surface area contributed by atoms with Crippen molar-refractivity contribution in [1.82, 2.24) is 4.72 Å². The van der Waals surface area contributed by atoms with Crippen molar-refractivity contribution < 1.29 is 13.2 Å². The van der Waals surface area contributed by atoms with E-state index in [0.29, 0.717) is 12.4 Å². The second-order valence-electron chi connectivity index (χ2n) is 4.80. The quantitative estimate of drug-likeness (QED) is 0.768. The Labute approximate surface area is 121 Å². The van der Waals surface area contributed by atoms with Gasteiger partial charge in [0.15, 0.2) is 0 Å². The molecule has 0 atom stereocenters. The third-order valence-electron chi connectivity index (χ3n) is 3.47. The van der Waals surface area contributed by atoms with Gasteiger partial charge in [0.25, 0.3) is 0 Å². The smallest absolute Gasteiger partial charge is 0.240 e. The summed E-state index contributed by atoms with van der Waals surface area (Å²) in [5.74, 6) is 0.654. The number of hydrogen-bond acceptors (Lipinski definition) is 4. The second-order valence-corrected chi connectivity index (χ2v) is 6.57. The van der Waals surface area contributed by atoms with Gasteiger partial charge in [-0.25, -0.2) is 13.1 Å². The Morgan fingerprint density at radius 3 is 2.15 bits per heavy atom. The maximum Gasteiger partial charge on any atom is 0.240 e. The van der Waals surface area contributed by atoms with Crippen LogP contribution in [0.15, 0.2) is 29.2 Å². The van der Waals surface area contributed by atoms with Crippen LogP contribution in [0.25, 0.3) is 0 Å². The molecule has 0 spiro atoms. The first-order valence-electron chi connectivity index (χ1n) is 6.88. The average Bonchev–Trinajstić information content (AvgIpc) is 2.46. The zero-order chi connectivity index (χ0) is 15.2. The van der Waals surface area contributed by atoms with Gasteiger partial charge in [-0.2, -0.15) is 0 Å². The average molecular weight is 300 g/mol. The summed E-state index contributed by atoms with van der Waals surface area (Å²) in [6.45, 7) is 6.56. The van der Waals surface area contributed by atoms with Crippen LogP contribution in [0.2, 0.25) is 0 Å². The Morgan fingerprint density at radius 1 is 1.15 bits per heavy atom. The Morgan fingerprint density at radius 2 is 1.70 bits per heavy atom. The minimum Gasteiger partial charge on any atom is -0.494 e. The number of ether oxygens (including phenoxy) is 1. The Kier molecular flexibility index (Phi) is 5.98. The standard InChI is InChI=1S/C14H24N2O3S/c1-4-14(15,5-2)11-16-20(17,18)13-9-7-12(8-10-13)19-6-3/h7-10,16H,4-6,11,15H2,1-3H3. The van der Waals surface area contributed by atoms with E-state index in [1.807, 2.05) is 20.8 Å². The van der Waals surface area contributed by atoms with Crippen LogP contribution < -0.4 is 15.2 Å². The number of sulfonamides is 1. The van der Waals surface area contributed by atoms with Crippen LogP contribution in [0.4, 0.5) is 0 Å². The Hall–Kier alpha value is -1.11. The minimum atomic E-state index is -3.53. The number of rotatable bonds is 8. The molecule has 1 rings (SSSR count). The molecule has 0 bridgehead atoms. The molecule has 0 aliphatic heterocycles. The molecule has 0 saturated carbocycles. The number of nitrogens with two attached hydrogens (primary N) is 1. The molecule has 3 N–H and O–H groups in total. The zero-order valence-corrected chi connectivity index (χ0v) is 13.2.